The fourth-order valence-corrected chi connectivity index (χ4v) is 1.45. The number of imidazole rings is 1. The number of aryl methyl sites for hydroxylation is 3. The van der Waals surface area contributed by atoms with Crippen molar-refractivity contribution in [2.24, 2.45) is 7.05 Å². The molecule has 0 atom stereocenters. The summed E-state index contributed by atoms with van der Waals surface area (Å²) >= 11 is 0. The predicted molar refractivity (Wildman–Crippen MR) is 55.1 cm³/mol. The second-order valence-electron chi connectivity index (χ2n) is 3.34. The van der Waals surface area contributed by atoms with Crippen LogP contribution in [0.4, 0.5) is 0 Å². The molecule has 0 saturated heterocycles. The van der Waals surface area contributed by atoms with E-state index in [4.69, 9.17) is 5.26 Å². The lowest BCUT2D eigenvalue weighted by atomic mass is 10.3. The minimum Gasteiger partial charge on any atom is -0.316 e. The summed E-state index contributed by atoms with van der Waals surface area (Å²) < 4.78 is 1.87. The van der Waals surface area contributed by atoms with E-state index in [0.29, 0.717) is 17.0 Å². The Morgan fingerprint density at radius 2 is 2.07 bits per heavy atom. The van der Waals surface area contributed by atoms with Crippen LogP contribution in [0.5, 0.6) is 0 Å². The number of fused-ring (bicyclic) bond motifs is 1. The van der Waals surface area contributed by atoms with Gasteiger partial charge in [-0.25, -0.2) is 15.0 Å². The summed E-state index contributed by atoms with van der Waals surface area (Å²) in [6.45, 7) is 3.85. The molecule has 0 aliphatic carbocycles. The Kier molecular flexibility index (Phi) is 2.12. The molecule has 0 aromatic carbocycles. The zero-order valence-electron chi connectivity index (χ0n) is 8.94. The first kappa shape index (κ1) is 9.59. The van der Waals surface area contributed by atoms with Crippen molar-refractivity contribution >= 4 is 11.2 Å². The molecule has 76 valence electrons. The van der Waals surface area contributed by atoms with Crippen LogP contribution in [0.3, 0.4) is 0 Å². The van der Waals surface area contributed by atoms with E-state index in [1.807, 2.05) is 25.5 Å². The first-order valence-electron chi connectivity index (χ1n) is 4.77. The molecule has 15 heavy (non-hydrogen) atoms. The molecule has 2 rings (SSSR count). The van der Waals surface area contributed by atoms with Crippen LogP contribution >= 0.6 is 0 Å². The van der Waals surface area contributed by atoms with Gasteiger partial charge in [-0.3, -0.25) is 0 Å². The van der Waals surface area contributed by atoms with Crippen LogP contribution in [0.1, 0.15) is 24.3 Å². The van der Waals surface area contributed by atoms with Gasteiger partial charge in [0.2, 0.25) is 0 Å². The van der Waals surface area contributed by atoms with Gasteiger partial charge >= 0.3 is 0 Å². The van der Waals surface area contributed by atoms with Crippen molar-refractivity contribution in [3.8, 4) is 6.07 Å². The van der Waals surface area contributed by atoms with E-state index in [1.54, 1.807) is 0 Å². The van der Waals surface area contributed by atoms with E-state index in [-0.39, 0.29) is 0 Å². The van der Waals surface area contributed by atoms with Crippen molar-refractivity contribution in [1.29, 1.82) is 5.26 Å². The predicted octanol–water partition coefficient (Wildman–Crippen LogP) is 1.11. The lowest BCUT2D eigenvalue weighted by Gasteiger charge is -1.99. The molecular weight excluding hydrogens is 190 g/mol. The second kappa shape index (κ2) is 3.31. The minimum atomic E-state index is 0.362. The molecule has 0 N–H and O–H groups in total. The van der Waals surface area contributed by atoms with Crippen molar-refractivity contribution in [3.63, 3.8) is 0 Å². The molecule has 0 amide bonds. The molecule has 5 nitrogen and oxygen atoms in total. The van der Waals surface area contributed by atoms with Crippen molar-refractivity contribution in [2.45, 2.75) is 20.3 Å². The maximum Gasteiger partial charge on any atom is 0.172 e. The maximum absolute atomic E-state index is 8.97. The first-order valence-corrected chi connectivity index (χ1v) is 4.77. The zero-order chi connectivity index (χ0) is 11.0. The van der Waals surface area contributed by atoms with Crippen LogP contribution in [0, 0.1) is 18.3 Å². The standard InChI is InChI=1S/C10H11N5/c1-4-8-13-7(5-11)9-10(14-8)15(3)6(2)12-9/h4H2,1-3H3. The van der Waals surface area contributed by atoms with Crippen LogP contribution in [-0.4, -0.2) is 19.5 Å². The summed E-state index contributed by atoms with van der Waals surface area (Å²) in [5.41, 5.74) is 1.69. The molecule has 0 spiro atoms. The van der Waals surface area contributed by atoms with Crippen LogP contribution in [0.15, 0.2) is 0 Å². The molecule has 0 aliphatic heterocycles. The third-order valence-electron chi connectivity index (χ3n) is 2.41. The fraction of sp³-hybridized carbons (Fsp3) is 0.400. The highest BCUT2D eigenvalue weighted by Gasteiger charge is 2.12. The van der Waals surface area contributed by atoms with Crippen molar-refractivity contribution in [3.05, 3.63) is 17.3 Å². The second-order valence-corrected chi connectivity index (χ2v) is 3.34. The highest BCUT2D eigenvalue weighted by Crippen LogP contribution is 2.15. The molecule has 0 saturated carbocycles. The smallest absolute Gasteiger partial charge is 0.172 e. The summed E-state index contributed by atoms with van der Waals surface area (Å²) in [5, 5.41) is 8.97. The van der Waals surface area contributed by atoms with Gasteiger partial charge in [0.1, 0.15) is 23.2 Å². The number of aromatic nitrogens is 4. The summed E-state index contributed by atoms with van der Waals surface area (Å²) in [6.07, 6.45) is 0.717. The van der Waals surface area contributed by atoms with E-state index in [2.05, 4.69) is 21.0 Å². The molecule has 0 bridgehead atoms. The summed E-state index contributed by atoms with van der Waals surface area (Å²) in [7, 11) is 1.89. The summed E-state index contributed by atoms with van der Waals surface area (Å²) in [4.78, 5) is 12.8. The molecule has 0 fully saturated rings. The summed E-state index contributed by atoms with van der Waals surface area (Å²) in [5.74, 6) is 1.52. The molecule has 2 heterocycles. The number of hydrogen-bond donors (Lipinski definition) is 0. The van der Waals surface area contributed by atoms with Gasteiger partial charge in [-0.05, 0) is 6.92 Å². The van der Waals surface area contributed by atoms with Gasteiger partial charge in [0, 0.05) is 13.5 Å². The first-order chi connectivity index (χ1) is 7.17. The number of rotatable bonds is 1. The fourth-order valence-electron chi connectivity index (χ4n) is 1.45. The van der Waals surface area contributed by atoms with E-state index >= 15 is 0 Å². The number of nitriles is 1. The van der Waals surface area contributed by atoms with E-state index in [1.165, 1.54) is 0 Å². The average molecular weight is 201 g/mol. The normalized spacial score (nSPS) is 10.5. The van der Waals surface area contributed by atoms with Gasteiger partial charge in [-0.2, -0.15) is 5.26 Å². The Morgan fingerprint density at radius 3 is 2.67 bits per heavy atom. The highest BCUT2D eigenvalue weighted by atomic mass is 15.1. The van der Waals surface area contributed by atoms with Crippen molar-refractivity contribution < 1.29 is 0 Å². The third-order valence-corrected chi connectivity index (χ3v) is 2.41. The molecule has 5 heteroatoms. The molecule has 0 aliphatic rings. The third kappa shape index (κ3) is 1.34. The Labute approximate surface area is 87.4 Å². The van der Waals surface area contributed by atoms with Crippen LogP contribution in [0.25, 0.3) is 11.2 Å². The number of hydrogen-bond acceptors (Lipinski definition) is 4. The van der Waals surface area contributed by atoms with Crippen molar-refractivity contribution in [2.75, 3.05) is 0 Å². The molecular formula is C10H11N5. The van der Waals surface area contributed by atoms with Gasteiger partial charge in [0.15, 0.2) is 11.3 Å². The van der Waals surface area contributed by atoms with Crippen LogP contribution in [0.2, 0.25) is 0 Å². The largest absolute Gasteiger partial charge is 0.316 e. The Bertz CT molecular complexity index is 561. The van der Waals surface area contributed by atoms with E-state index in [9.17, 15) is 0 Å². The van der Waals surface area contributed by atoms with Gasteiger partial charge in [-0.15, -0.1) is 0 Å². The van der Waals surface area contributed by atoms with Gasteiger partial charge < -0.3 is 4.57 Å². The Hall–Kier alpha value is -1.96. The van der Waals surface area contributed by atoms with E-state index in [0.717, 1.165) is 17.9 Å². The van der Waals surface area contributed by atoms with Crippen LogP contribution < -0.4 is 0 Å². The SMILES string of the molecule is CCc1nc(C#N)c2nc(C)n(C)c2n1. The number of nitrogens with zero attached hydrogens (tertiary/aromatic N) is 5. The quantitative estimate of drug-likeness (QED) is 0.693. The lowest BCUT2D eigenvalue weighted by Crippen LogP contribution is -1.99. The molecule has 2 aromatic heterocycles. The van der Waals surface area contributed by atoms with Crippen molar-refractivity contribution in [1.82, 2.24) is 19.5 Å². The summed E-state index contributed by atoms with van der Waals surface area (Å²) in [6, 6.07) is 2.06. The topological polar surface area (TPSA) is 67.4 Å². The Balaban J connectivity index is 2.88. The van der Waals surface area contributed by atoms with Crippen LogP contribution in [-0.2, 0) is 13.5 Å². The zero-order valence-corrected chi connectivity index (χ0v) is 8.94. The average Bonchev–Trinajstić information content (AvgIpc) is 2.54. The molecule has 0 unspecified atom stereocenters. The van der Waals surface area contributed by atoms with E-state index < -0.39 is 0 Å². The van der Waals surface area contributed by atoms with Gasteiger partial charge in [0.25, 0.3) is 0 Å². The molecule has 2 aromatic rings. The highest BCUT2D eigenvalue weighted by molar-refractivity contribution is 5.76. The Morgan fingerprint density at radius 1 is 1.33 bits per heavy atom. The monoisotopic (exact) mass is 201 g/mol. The minimum absolute atomic E-state index is 0.362. The lowest BCUT2D eigenvalue weighted by molar-refractivity contribution is 0.859. The molecule has 0 radical (unpaired) electrons. The van der Waals surface area contributed by atoms with Gasteiger partial charge in [0.05, 0.1) is 0 Å². The maximum atomic E-state index is 8.97. The van der Waals surface area contributed by atoms with Gasteiger partial charge in [-0.1, -0.05) is 6.92 Å².